The van der Waals surface area contributed by atoms with E-state index in [2.05, 4.69) is 0 Å². The molecule has 0 saturated heterocycles. The third-order valence-electron chi connectivity index (χ3n) is 1.86. The number of alkyl halides is 3. The highest BCUT2D eigenvalue weighted by molar-refractivity contribution is 5.94. The van der Waals surface area contributed by atoms with Gasteiger partial charge in [-0.2, -0.15) is 13.2 Å². The molecule has 0 amide bonds. The van der Waals surface area contributed by atoms with Gasteiger partial charge in [0.1, 0.15) is 0 Å². The topological polar surface area (TPSA) is 63.3 Å². The molecule has 1 rings (SSSR count). The van der Waals surface area contributed by atoms with Crippen molar-refractivity contribution in [1.82, 2.24) is 0 Å². The van der Waals surface area contributed by atoms with Crippen molar-refractivity contribution in [3.05, 3.63) is 28.8 Å². The maximum atomic E-state index is 12.4. The van der Waals surface area contributed by atoms with Gasteiger partial charge in [-0.25, -0.2) is 4.79 Å². The fourth-order valence-electron chi connectivity index (χ4n) is 1.21. The van der Waals surface area contributed by atoms with E-state index in [4.69, 9.17) is 10.8 Å². The molecule has 3 N–H and O–H groups in total. The number of halogens is 3. The van der Waals surface area contributed by atoms with Crippen molar-refractivity contribution >= 4 is 11.7 Å². The first-order valence-corrected chi connectivity index (χ1v) is 4.94. The normalized spacial score (nSPS) is 10.5. The van der Waals surface area contributed by atoms with Crippen molar-refractivity contribution in [3.63, 3.8) is 0 Å². The smallest absolute Gasteiger partial charge is 0.418 e. The Kier molecular flexibility index (Phi) is 5.00. The molecule has 0 bridgehead atoms. The number of carbonyl (C=O) groups is 1. The van der Waals surface area contributed by atoms with Gasteiger partial charge >= 0.3 is 12.1 Å². The predicted molar refractivity (Wildman–Crippen MR) is 58.9 cm³/mol. The first-order chi connectivity index (χ1) is 7.73. The summed E-state index contributed by atoms with van der Waals surface area (Å²) in [5.41, 5.74) is 2.95. The van der Waals surface area contributed by atoms with Crippen LogP contribution in [0.1, 0.15) is 35.3 Å². The number of aryl methyl sites for hydroxylation is 1. The van der Waals surface area contributed by atoms with Gasteiger partial charge in [-0.05, 0) is 24.6 Å². The summed E-state index contributed by atoms with van der Waals surface area (Å²) in [7, 11) is 0. The highest BCUT2D eigenvalue weighted by atomic mass is 19.4. The van der Waals surface area contributed by atoms with Gasteiger partial charge in [-0.1, -0.05) is 13.8 Å². The average molecular weight is 249 g/mol. The number of nitrogen functional groups attached to an aromatic ring is 1. The predicted octanol–water partition coefficient (Wildman–Crippen LogP) is 3.32. The molecule has 3 nitrogen and oxygen atoms in total. The van der Waals surface area contributed by atoms with E-state index in [9.17, 15) is 18.0 Å². The van der Waals surface area contributed by atoms with Crippen molar-refractivity contribution < 1.29 is 23.1 Å². The van der Waals surface area contributed by atoms with Crippen LogP contribution >= 0.6 is 0 Å². The molecule has 0 aliphatic carbocycles. The van der Waals surface area contributed by atoms with Crippen LogP contribution in [0.2, 0.25) is 0 Å². The first kappa shape index (κ1) is 15.3. The van der Waals surface area contributed by atoms with Gasteiger partial charge in [0.05, 0.1) is 16.8 Å². The number of carboxylic acid groups (broad SMARTS) is 1. The highest BCUT2D eigenvalue weighted by Gasteiger charge is 2.34. The van der Waals surface area contributed by atoms with Crippen LogP contribution in [0.4, 0.5) is 18.9 Å². The van der Waals surface area contributed by atoms with Gasteiger partial charge in [0.15, 0.2) is 0 Å². The van der Waals surface area contributed by atoms with E-state index in [0.717, 1.165) is 12.1 Å². The standard InChI is InChI=1S/C9H8F3NO2.C2H6/c1-4-2-5(8(14)15)7(13)6(3-4)9(10,11)12;1-2/h2-3H,13H2,1H3,(H,14,15);1-2H3. The molecule has 6 heteroatoms. The van der Waals surface area contributed by atoms with Gasteiger partial charge in [-0.3, -0.25) is 0 Å². The van der Waals surface area contributed by atoms with E-state index in [0.29, 0.717) is 0 Å². The van der Waals surface area contributed by atoms with Crippen molar-refractivity contribution in [3.8, 4) is 0 Å². The lowest BCUT2D eigenvalue weighted by Gasteiger charge is -2.12. The van der Waals surface area contributed by atoms with Crippen LogP contribution in [0.3, 0.4) is 0 Å². The fourth-order valence-corrected chi connectivity index (χ4v) is 1.21. The highest BCUT2D eigenvalue weighted by Crippen LogP contribution is 2.35. The number of anilines is 1. The summed E-state index contributed by atoms with van der Waals surface area (Å²) in [4.78, 5) is 10.6. The summed E-state index contributed by atoms with van der Waals surface area (Å²) in [5, 5.41) is 8.63. The molecule has 0 heterocycles. The molecule has 0 fully saturated rings. The Labute approximate surface area is 97.1 Å². The average Bonchev–Trinajstić information content (AvgIpc) is 2.22. The summed E-state index contributed by atoms with van der Waals surface area (Å²) >= 11 is 0. The van der Waals surface area contributed by atoms with E-state index in [1.807, 2.05) is 13.8 Å². The number of carboxylic acids is 1. The second-order valence-corrected chi connectivity index (χ2v) is 3.08. The van der Waals surface area contributed by atoms with Gasteiger partial charge < -0.3 is 10.8 Å². The number of benzene rings is 1. The summed E-state index contributed by atoms with van der Waals surface area (Å²) in [6.45, 7) is 5.38. The zero-order valence-electron chi connectivity index (χ0n) is 9.72. The van der Waals surface area contributed by atoms with E-state index >= 15 is 0 Å². The van der Waals surface area contributed by atoms with Crippen LogP contribution in [0, 0.1) is 6.92 Å². The second-order valence-electron chi connectivity index (χ2n) is 3.08. The molecule has 0 atom stereocenters. The lowest BCUT2D eigenvalue weighted by molar-refractivity contribution is -0.136. The molecule has 17 heavy (non-hydrogen) atoms. The Morgan fingerprint density at radius 2 is 1.76 bits per heavy atom. The van der Waals surface area contributed by atoms with Crippen molar-refractivity contribution in [2.75, 3.05) is 5.73 Å². The van der Waals surface area contributed by atoms with Crippen LogP contribution in [0.5, 0.6) is 0 Å². The Hall–Kier alpha value is -1.72. The van der Waals surface area contributed by atoms with E-state index in [1.165, 1.54) is 6.92 Å². The third-order valence-corrected chi connectivity index (χ3v) is 1.86. The van der Waals surface area contributed by atoms with E-state index in [-0.39, 0.29) is 5.56 Å². The Morgan fingerprint density at radius 1 is 1.29 bits per heavy atom. The fraction of sp³-hybridized carbons (Fsp3) is 0.364. The summed E-state index contributed by atoms with van der Waals surface area (Å²) < 4.78 is 37.2. The van der Waals surface area contributed by atoms with Crippen LogP contribution in [0.15, 0.2) is 12.1 Å². The lowest BCUT2D eigenvalue weighted by Crippen LogP contribution is -2.13. The SMILES string of the molecule is CC.Cc1cc(C(=O)O)c(N)c(C(F)(F)F)c1. The largest absolute Gasteiger partial charge is 0.478 e. The Balaban J connectivity index is 0.00000121. The van der Waals surface area contributed by atoms with Gasteiger partial charge in [0, 0.05) is 0 Å². The molecule has 0 aliphatic heterocycles. The molecule has 0 aromatic heterocycles. The van der Waals surface area contributed by atoms with Crippen LogP contribution in [-0.2, 0) is 6.18 Å². The Bertz CT molecular complexity index is 414. The zero-order chi connectivity index (χ0) is 13.8. The molecule has 0 spiro atoms. The minimum atomic E-state index is -4.64. The van der Waals surface area contributed by atoms with Crippen LogP contribution in [0.25, 0.3) is 0 Å². The van der Waals surface area contributed by atoms with E-state index in [1.54, 1.807) is 0 Å². The second kappa shape index (κ2) is 5.56. The summed E-state index contributed by atoms with van der Waals surface area (Å²) in [6.07, 6.45) is -4.64. The van der Waals surface area contributed by atoms with Crippen molar-refractivity contribution in [2.45, 2.75) is 26.9 Å². The molecule has 1 aromatic carbocycles. The number of nitrogens with two attached hydrogens (primary N) is 1. The molecule has 0 radical (unpaired) electrons. The molecular formula is C11H14F3NO2. The summed E-state index contributed by atoms with van der Waals surface area (Å²) in [6, 6.07) is 1.93. The molecule has 96 valence electrons. The molecule has 0 saturated carbocycles. The number of hydrogen-bond acceptors (Lipinski definition) is 2. The molecule has 0 unspecified atom stereocenters. The van der Waals surface area contributed by atoms with Gasteiger partial charge in [0.2, 0.25) is 0 Å². The number of hydrogen-bond donors (Lipinski definition) is 2. The monoisotopic (exact) mass is 249 g/mol. The third kappa shape index (κ3) is 3.65. The van der Waals surface area contributed by atoms with Crippen molar-refractivity contribution in [2.24, 2.45) is 0 Å². The summed E-state index contributed by atoms with van der Waals surface area (Å²) in [5.74, 6) is -1.47. The van der Waals surface area contributed by atoms with E-state index < -0.39 is 29.0 Å². The van der Waals surface area contributed by atoms with Gasteiger partial charge in [-0.15, -0.1) is 0 Å². The number of rotatable bonds is 1. The van der Waals surface area contributed by atoms with Crippen LogP contribution in [-0.4, -0.2) is 11.1 Å². The minimum absolute atomic E-state index is 0.203. The molecule has 0 aliphatic rings. The van der Waals surface area contributed by atoms with Crippen molar-refractivity contribution in [1.29, 1.82) is 0 Å². The van der Waals surface area contributed by atoms with Crippen LogP contribution < -0.4 is 5.73 Å². The van der Waals surface area contributed by atoms with Gasteiger partial charge in [0.25, 0.3) is 0 Å². The number of aromatic carboxylic acids is 1. The quantitative estimate of drug-likeness (QED) is 0.750. The molecular weight excluding hydrogens is 235 g/mol. The zero-order valence-corrected chi connectivity index (χ0v) is 9.72. The first-order valence-electron chi connectivity index (χ1n) is 4.94. The molecule has 1 aromatic rings. The maximum Gasteiger partial charge on any atom is 0.418 e. The lowest BCUT2D eigenvalue weighted by atomic mass is 10.0. The maximum absolute atomic E-state index is 12.4. The minimum Gasteiger partial charge on any atom is -0.478 e. The Morgan fingerprint density at radius 3 is 2.12 bits per heavy atom.